The predicted octanol–water partition coefficient (Wildman–Crippen LogP) is 5.40. The summed E-state index contributed by atoms with van der Waals surface area (Å²) < 4.78 is 12.6. The topological polar surface area (TPSA) is 99.6 Å². The molecule has 46 heavy (non-hydrogen) atoms. The van der Waals surface area contributed by atoms with Crippen LogP contribution in [0.5, 0.6) is 5.75 Å². The smallest absolute Gasteiger partial charge is 0.253 e. The molecule has 1 spiro atoms. The minimum absolute atomic E-state index is 0.182. The van der Waals surface area contributed by atoms with Gasteiger partial charge in [-0.15, -0.1) is 13.2 Å². The molecule has 6 atom stereocenters. The zero-order valence-corrected chi connectivity index (χ0v) is 27.6. The number of rotatable bonds is 14. The maximum absolute atomic E-state index is 14.8. The van der Waals surface area contributed by atoms with Gasteiger partial charge in [0.05, 0.1) is 36.7 Å². The summed E-state index contributed by atoms with van der Waals surface area (Å²) >= 11 is 6.16. The van der Waals surface area contributed by atoms with Crippen LogP contribution >= 0.6 is 11.6 Å². The molecule has 3 amide bonds. The highest BCUT2D eigenvalue weighted by molar-refractivity contribution is 6.30. The van der Waals surface area contributed by atoms with Crippen LogP contribution in [0.4, 0.5) is 11.4 Å². The molecule has 0 radical (unpaired) electrons. The molecule has 3 aliphatic rings. The van der Waals surface area contributed by atoms with Gasteiger partial charge in [0, 0.05) is 29.5 Å². The molecule has 2 unspecified atom stereocenters. The van der Waals surface area contributed by atoms with E-state index >= 15 is 0 Å². The van der Waals surface area contributed by atoms with Gasteiger partial charge < -0.3 is 29.3 Å². The van der Waals surface area contributed by atoms with Crippen molar-refractivity contribution < 1.29 is 29.0 Å². The van der Waals surface area contributed by atoms with Crippen LogP contribution in [-0.4, -0.2) is 77.3 Å². The number of fused-ring (bicyclic) bond motifs is 1. The molecule has 2 bridgehead atoms. The summed E-state index contributed by atoms with van der Waals surface area (Å²) in [5.41, 5.74) is -0.945. The third kappa shape index (κ3) is 5.42. The first-order valence-corrected chi connectivity index (χ1v) is 16.5. The molecule has 2 aromatic rings. The minimum Gasteiger partial charge on any atom is -0.494 e. The fraction of sp³-hybridized carbons (Fsp3) is 0.472. The van der Waals surface area contributed by atoms with E-state index < -0.39 is 35.1 Å². The monoisotopic (exact) mass is 649 g/mol. The molecule has 3 heterocycles. The molecule has 5 rings (SSSR count). The number of nitrogens with zero attached hydrogens (tertiary/aromatic N) is 3. The largest absolute Gasteiger partial charge is 0.494 e. The second kappa shape index (κ2) is 13.6. The van der Waals surface area contributed by atoms with Crippen molar-refractivity contribution >= 4 is 40.7 Å². The molecular formula is C36H44ClN3O6. The Labute approximate surface area is 276 Å². The first-order valence-electron chi connectivity index (χ1n) is 16.1. The fourth-order valence-corrected chi connectivity index (χ4v) is 7.97. The summed E-state index contributed by atoms with van der Waals surface area (Å²) in [6.07, 6.45) is 5.15. The zero-order valence-electron chi connectivity index (χ0n) is 26.9. The van der Waals surface area contributed by atoms with Gasteiger partial charge >= 0.3 is 0 Å². The van der Waals surface area contributed by atoms with Gasteiger partial charge in [-0.3, -0.25) is 14.4 Å². The van der Waals surface area contributed by atoms with E-state index in [9.17, 15) is 19.5 Å². The van der Waals surface area contributed by atoms with Crippen LogP contribution in [0.1, 0.15) is 46.5 Å². The molecule has 3 saturated heterocycles. The van der Waals surface area contributed by atoms with E-state index in [1.54, 1.807) is 46.2 Å². The van der Waals surface area contributed by atoms with Gasteiger partial charge in [0.2, 0.25) is 11.8 Å². The average Bonchev–Trinajstić information content (AvgIpc) is 3.67. The molecule has 0 aromatic heterocycles. The lowest BCUT2D eigenvalue weighted by Crippen LogP contribution is -2.59. The number of ether oxygens (including phenoxy) is 2. The molecule has 0 saturated carbocycles. The van der Waals surface area contributed by atoms with Crippen LogP contribution < -0.4 is 14.5 Å². The second-order valence-electron chi connectivity index (χ2n) is 12.2. The van der Waals surface area contributed by atoms with E-state index in [4.69, 9.17) is 21.1 Å². The highest BCUT2D eigenvalue weighted by Crippen LogP contribution is 2.65. The number of aliphatic hydroxyl groups is 1. The molecule has 0 aliphatic carbocycles. The molecule has 246 valence electrons. The summed E-state index contributed by atoms with van der Waals surface area (Å²) in [7, 11) is 0. The van der Waals surface area contributed by atoms with Gasteiger partial charge in [0.25, 0.3) is 5.91 Å². The molecule has 3 fully saturated rings. The third-order valence-electron chi connectivity index (χ3n) is 9.95. The van der Waals surface area contributed by atoms with Crippen LogP contribution in [0.25, 0.3) is 0 Å². The van der Waals surface area contributed by atoms with Crippen molar-refractivity contribution in [3.05, 3.63) is 78.9 Å². The first-order chi connectivity index (χ1) is 22.2. The van der Waals surface area contributed by atoms with Crippen molar-refractivity contribution in [2.45, 2.75) is 69.7 Å². The van der Waals surface area contributed by atoms with Crippen molar-refractivity contribution in [3.8, 4) is 5.75 Å². The number of carbonyl (C=O) groups excluding carboxylic acids is 3. The lowest BCUT2D eigenvalue weighted by molar-refractivity contribution is -0.149. The molecular weight excluding hydrogens is 606 g/mol. The summed E-state index contributed by atoms with van der Waals surface area (Å²) in [6.45, 7) is 14.1. The molecule has 2 aromatic carbocycles. The van der Waals surface area contributed by atoms with E-state index in [0.29, 0.717) is 54.4 Å². The molecule has 1 N–H and O–H groups in total. The number of likely N-dealkylation sites (tertiary alicyclic amines) is 1. The van der Waals surface area contributed by atoms with E-state index in [2.05, 4.69) is 13.2 Å². The van der Waals surface area contributed by atoms with E-state index in [0.717, 1.165) is 0 Å². The van der Waals surface area contributed by atoms with Crippen molar-refractivity contribution in [3.63, 3.8) is 0 Å². The molecule has 10 heteroatoms. The SMILES string of the molecule is C=CCN(C(=O)C1N([C@@H](CC)CO)C(=O)[C@@H]2[C@@H](C(=O)N(CC=C)c3ccc(OCC)cc3)[C@@]3(CC)CCC12O3)c1ccc(Cl)cc1. The lowest BCUT2D eigenvalue weighted by Gasteiger charge is -2.39. The van der Waals surface area contributed by atoms with Crippen LogP contribution in [0, 0.1) is 11.8 Å². The van der Waals surface area contributed by atoms with Crippen molar-refractivity contribution in [1.82, 2.24) is 4.90 Å². The normalized spacial score (nSPS) is 26.8. The van der Waals surface area contributed by atoms with Gasteiger partial charge in [-0.2, -0.15) is 0 Å². The number of hydrogen-bond acceptors (Lipinski definition) is 6. The standard InChI is InChI=1S/C36H44ClN3O6/c1-6-21-38(27-15-17-28(18-16-27)45-10-5)32(42)29-30-33(43)40(25(8-3)23-41)31(36(30)20-19-35(29,9-4)46-36)34(44)39(22-7-2)26-13-11-24(37)12-14-26/h6-7,11-18,25,29-31,41H,1-2,8-10,19-23H2,3-5H3/t25-,29-,30-,31?,35+,36?/m0/s1. The third-order valence-corrected chi connectivity index (χ3v) is 10.2. The van der Waals surface area contributed by atoms with Crippen LogP contribution in [-0.2, 0) is 19.1 Å². The van der Waals surface area contributed by atoms with Crippen molar-refractivity contribution in [2.75, 3.05) is 36.1 Å². The Morgan fingerprint density at radius 3 is 2.13 bits per heavy atom. The van der Waals surface area contributed by atoms with Crippen molar-refractivity contribution in [2.24, 2.45) is 11.8 Å². The maximum atomic E-state index is 14.8. The van der Waals surface area contributed by atoms with Crippen LogP contribution in [0.3, 0.4) is 0 Å². The highest BCUT2D eigenvalue weighted by atomic mass is 35.5. The Morgan fingerprint density at radius 1 is 1.02 bits per heavy atom. The number of anilines is 2. The molecule has 9 nitrogen and oxygen atoms in total. The molecule has 3 aliphatic heterocycles. The zero-order chi connectivity index (χ0) is 33.2. The Balaban J connectivity index is 1.62. The Hall–Kier alpha value is -3.66. The summed E-state index contributed by atoms with van der Waals surface area (Å²) in [6, 6.07) is 12.5. The van der Waals surface area contributed by atoms with Gasteiger partial charge in [-0.1, -0.05) is 37.6 Å². The van der Waals surface area contributed by atoms with Crippen LogP contribution in [0.2, 0.25) is 5.02 Å². The van der Waals surface area contributed by atoms with Gasteiger partial charge in [-0.25, -0.2) is 0 Å². The predicted molar refractivity (Wildman–Crippen MR) is 179 cm³/mol. The summed E-state index contributed by atoms with van der Waals surface area (Å²) in [4.78, 5) is 49.1. The number of amides is 3. The first kappa shape index (κ1) is 33.7. The highest BCUT2D eigenvalue weighted by Gasteiger charge is 2.79. The summed E-state index contributed by atoms with van der Waals surface area (Å²) in [5, 5.41) is 11.0. The average molecular weight is 650 g/mol. The van der Waals surface area contributed by atoms with E-state index in [1.807, 2.05) is 45.0 Å². The van der Waals surface area contributed by atoms with Gasteiger partial charge in [-0.05, 0) is 81.1 Å². The number of hydrogen-bond donors (Lipinski definition) is 1. The quantitative estimate of drug-likeness (QED) is 0.275. The second-order valence-corrected chi connectivity index (χ2v) is 12.6. The number of aliphatic hydroxyl groups excluding tert-OH is 1. The fourth-order valence-electron chi connectivity index (χ4n) is 7.85. The minimum atomic E-state index is -1.25. The van der Waals surface area contributed by atoms with Gasteiger partial charge in [0.15, 0.2) is 0 Å². The Bertz CT molecular complexity index is 1460. The Kier molecular flexibility index (Phi) is 9.96. The van der Waals surface area contributed by atoms with Crippen LogP contribution in [0.15, 0.2) is 73.8 Å². The number of carbonyl (C=O) groups is 3. The van der Waals surface area contributed by atoms with E-state index in [1.165, 1.54) is 4.90 Å². The van der Waals surface area contributed by atoms with Gasteiger partial charge in [0.1, 0.15) is 17.4 Å². The van der Waals surface area contributed by atoms with Crippen molar-refractivity contribution in [1.29, 1.82) is 0 Å². The summed E-state index contributed by atoms with van der Waals surface area (Å²) in [5.74, 6) is -2.01. The number of halogens is 1. The van der Waals surface area contributed by atoms with E-state index in [-0.39, 0.29) is 37.4 Å². The maximum Gasteiger partial charge on any atom is 0.253 e. The Morgan fingerprint density at radius 2 is 1.61 bits per heavy atom. The lowest BCUT2D eigenvalue weighted by atomic mass is 9.64. The number of benzene rings is 2.